The molecule has 152 valence electrons. The van der Waals surface area contributed by atoms with Crippen molar-refractivity contribution in [1.82, 2.24) is 14.5 Å². The standard InChI is InChI=1S/C19H25N3O5S/c1-4-20-17(23)14-6-5-9-21(11-14)18(24)13-7-8-15-16(10-13)28(26,27)22(12(2)3)19(15)25/h7-8,10,12,14H,4-6,9,11H2,1-3H3,(H,20,23). The molecule has 3 amide bonds. The zero-order chi connectivity index (χ0) is 20.6. The molecule has 0 saturated carbocycles. The lowest BCUT2D eigenvalue weighted by Crippen LogP contribution is -2.45. The van der Waals surface area contributed by atoms with E-state index in [1.807, 2.05) is 6.92 Å². The highest BCUT2D eigenvalue weighted by Gasteiger charge is 2.43. The Bertz CT molecular complexity index is 925. The number of benzene rings is 1. The van der Waals surface area contributed by atoms with E-state index in [0.717, 1.165) is 4.31 Å². The van der Waals surface area contributed by atoms with Gasteiger partial charge in [-0.15, -0.1) is 0 Å². The maximum atomic E-state index is 12.9. The van der Waals surface area contributed by atoms with Crippen LogP contribution in [-0.4, -0.2) is 61.0 Å². The summed E-state index contributed by atoms with van der Waals surface area (Å²) in [6.45, 7) is 6.44. The summed E-state index contributed by atoms with van der Waals surface area (Å²) >= 11 is 0. The summed E-state index contributed by atoms with van der Waals surface area (Å²) in [5, 5.41) is 2.78. The Balaban J connectivity index is 1.87. The van der Waals surface area contributed by atoms with E-state index in [0.29, 0.717) is 32.5 Å². The molecule has 0 aromatic heterocycles. The first-order chi connectivity index (χ1) is 13.2. The SMILES string of the molecule is CCNC(=O)C1CCCN(C(=O)c2ccc3c(c2)S(=O)(=O)N(C(C)C)C3=O)C1. The Morgan fingerprint density at radius 3 is 2.64 bits per heavy atom. The molecule has 3 rings (SSSR count). The Morgan fingerprint density at radius 1 is 1.29 bits per heavy atom. The number of piperidine rings is 1. The molecule has 1 N–H and O–H groups in total. The van der Waals surface area contributed by atoms with Crippen LogP contribution in [0.3, 0.4) is 0 Å². The second-order valence-electron chi connectivity index (χ2n) is 7.40. The molecule has 1 unspecified atom stereocenters. The third-order valence-corrected chi connectivity index (χ3v) is 7.09. The van der Waals surface area contributed by atoms with Gasteiger partial charge in [-0.2, -0.15) is 0 Å². The fourth-order valence-corrected chi connectivity index (χ4v) is 5.56. The summed E-state index contributed by atoms with van der Waals surface area (Å²) in [5.74, 6) is -1.25. The van der Waals surface area contributed by atoms with Gasteiger partial charge >= 0.3 is 0 Å². The average Bonchev–Trinajstić information content (AvgIpc) is 2.86. The van der Waals surface area contributed by atoms with Gasteiger partial charge in [-0.3, -0.25) is 14.4 Å². The molecule has 2 heterocycles. The average molecular weight is 407 g/mol. The number of sulfonamides is 1. The molecule has 28 heavy (non-hydrogen) atoms. The molecule has 2 aliphatic rings. The van der Waals surface area contributed by atoms with Crippen LogP contribution in [-0.2, 0) is 14.8 Å². The monoisotopic (exact) mass is 407 g/mol. The second kappa shape index (κ2) is 7.54. The number of likely N-dealkylation sites (tertiary alicyclic amines) is 1. The summed E-state index contributed by atoms with van der Waals surface area (Å²) in [5.41, 5.74) is 0.293. The number of fused-ring (bicyclic) bond motifs is 1. The highest BCUT2D eigenvalue weighted by Crippen LogP contribution is 2.33. The molecule has 1 atom stereocenters. The topological polar surface area (TPSA) is 104 Å². The Labute approximate surface area is 164 Å². The van der Waals surface area contributed by atoms with Gasteiger partial charge in [0.1, 0.15) is 4.90 Å². The molecule has 0 spiro atoms. The lowest BCUT2D eigenvalue weighted by Gasteiger charge is -2.32. The molecule has 0 bridgehead atoms. The Morgan fingerprint density at radius 2 is 2.00 bits per heavy atom. The number of carbonyl (C=O) groups excluding carboxylic acids is 3. The van der Waals surface area contributed by atoms with E-state index in [2.05, 4.69) is 5.32 Å². The van der Waals surface area contributed by atoms with E-state index in [4.69, 9.17) is 0 Å². The lowest BCUT2D eigenvalue weighted by atomic mass is 9.96. The van der Waals surface area contributed by atoms with Gasteiger partial charge in [0.2, 0.25) is 5.91 Å². The minimum Gasteiger partial charge on any atom is -0.356 e. The van der Waals surface area contributed by atoms with Gasteiger partial charge in [0.05, 0.1) is 11.5 Å². The summed E-state index contributed by atoms with van der Waals surface area (Å²) in [7, 11) is -3.96. The zero-order valence-corrected chi connectivity index (χ0v) is 17.1. The molecule has 2 aliphatic heterocycles. The van der Waals surface area contributed by atoms with Crippen LogP contribution < -0.4 is 5.32 Å². The number of amides is 3. The predicted molar refractivity (Wildman–Crippen MR) is 102 cm³/mol. The number of carbonyl (C=O) groups is 3. The minimum atomic E-state index is -3.96. The Kier molecular flexibility index (Phi) is 5.47. The molecule has 0 radical (unpaired) electrons. The van der Waals surface area contributed by atoms with Crippen molar-refractivity contribution < 1.29 is 22.8 Å². The van der Waals surface area contributed by atoms with Crippen molar-refractivity contribution in [3.63, 3.8) is 0 Å². The maximum absolute atomic E-state index is 12.9. The number of nitrogens with one attached hydrogen (secondary N) is 1. The van der Waals surface area contributed by atoms with E-state index < -0.39 is 22.0 Å². The fraction of sp³-hybridized carbons (Fsp3) is 0.526. The van der Waals surface area contributed by atoms with Gasteiger partial charge in [-0.25, -0.2) is 12.7 Å². The molecular formula is C19H25N3O5S. The van der Waals surface area contributed by atoms with Crippen molar-refractivity contribution in [3.05, 3.63) is 29.3 Å². The van der Waals surface area contributed by atoms with Crippen LogP contribution in [0.5, 0.6) is 0 Å². The third kappa shape index (κ3) is 3.39. The highest BCUT2D eigenvalue weighted by atomic mass is 32.2. The molecule has 1 fully saturated rings. The second-order valence-corrected chi connectivity index (χ2v) is 9.18. The van der Waals surface area contributed by atoms with Crippen LogP contribution in [0.2, 0.25) is 0 Å². The largest absolute Gasteiger partial charge is 0.356 e. The summed E-state index contributed by atoms with van der Waals surface area (Å²) in [6.07, 6.45) is 1.42. The molecule has 1 aromatic rings. The number of hydrogen-bond acceptors (Lipinski definition) is 5. The molecular weight excluding hydrogens is 382 g/mol. The van der Waals surface area contributed by atoms with Gasteiger partial charge in [0.15, 0.2) is 0 Å². The van der Waals surface area contributed by atoms with E-state index in [1.54, 1.807) is 18.7 Å². The van der Waals surface area contributed by atoms with E-state index in [-0.39, 0.29) is 33.8 Å². The van der Waals surface area contributed by atoms with Gasteiger partial charge < -0.3 is 10.2 Å². The van der Waals surface area contributed by atoms with Crippen molar-refractivity contribution in [2.24, 2.45) is 5.92 Å². The van der Waals surface area contributed by atoms with Gasteiger partial charge in [-0.05, 0) is 51.8 Å². The van der Waals surface area contributed by atoms with Crippen LogP contribution in [0.15, 0.2) is 23.1 Å². The smallest absolute Gasteiger partial charge is 0.269 e. The fourth-order valence-electron chi connectivity index (χ4n) is 3.77. The van der Waals surface area contributed by atoms with Crippen molar-refractivity contribution in [2.45, 2.75) is 44.6 Å². The molecule has 1 aromatic carbocycles. The first kappa shape index (κ1) is 20.3. The quantitative estimate of drug-likeness (QED) is 0.808. The van der Waals surface area contributed by atoms with Crippen LogP contribution in [0.1, 0.15) is 54.3 Å². The van der Waals surface area contributed by atoms with Crippen LogP contribution in [0, 0.1) is 5.92 Å². The van der Waals surface area contributed by atoms with Crippen molar-refractivity contribution in [3.8, 4) is 0 Å². The van der Waals surface area contributed by atoms with Gasteiger partial charge in [0, 0.05) is 31.2 Å². The van der Waals surface area contributed by atoms with Crippen LogP contribution in [0.25, 0.3) is 0 Å². The lowest BCUT2D eigenvalue weighted by molar-refractivity contribution is -0.126. The third-order valence-electron chi connectivity index (χ3n) is 5.10. The first-order valence-electron chi connectivity index (χ1n) is 9.48. The maximum Gasteiger partial charge on any atom is 0.269 e. The number of nitrogens with zero attached hydrogens (tertiary/aromatic N) is 2. The number of hydrogen-bond donors (Lipinski definition) is 1. The van der Waals surface area contributed by atoms with E-state index in [1.165, 1.54) is 18.2 Å². The summed E-state index contributed by atoms with van der Waals surface area (Å²) in [6, 6.07) is 3.65. The molecule has 1 saturated heterocycles. The van der Waals surface area contributed by atoms with Crippen molar-refractivity contribution in [2.75, 3.05) is 19.6 Å². The normalized spacial score (nSPS) is 21.0. The minimum absolute atomic E-state index is 0.0743. The predicted octanol–water partition coefficient (Wildman–Crippen LogP) is 1.23. The van der Waals surface area contributed by atoms with Crippen LogP contribution >= 0.6 is 0 Å². The molecule has 8 nitrogen and oxygen atoms in total. The highest BCUT2D eigenvalue weighted by molar-refractivity contribution is 7.90. The van der Waals surface area contributed by atoms with E-state index in [9.17, 15) is 22.8 Å². The molecule has 0 aliphatic carbocycles. The molecule has 9 heteroatoms. The summed E-state index contributed by atoms with van der Waals surface area (Å²) in [4.78, 5) is 38.9. The zero-order valence-electron chi connectivity index (χ0n) is 16.3. The van der Waals surface area contributed by atoms with Gasteiger partial charge in [-0.1, -0.05) is 0 Å². The number of rotatable bonds is 4. The van der Waals surface area contributed by atoms with Crippen molar-refractivity contribution in [1.29, 1.82) is 0 Å². The Hall–Kier alpha value is -2.42. The summed E-state index contributed by atoms with van der Waals surface area (Å²) < 4.78 is 26.3. The van der Waals surface area contributed by atoms with E-state index >= 15 is 0 Å². The first-order valence-corrected chi connectivity index (χ1v) is 10.9. The van der Waals surface area contributed by atoms with Crippen LogP contribution in [0.4, 0.5) is 0 Å². The van der Waals surface area contributed by atoms with Gasteiger partial charge in [0.25, 0.3) is 21.8 Å². The van der Waals surface area contributed by atoms with Crippen molar-refractivity contribution >= 4 is 27.7 Å².